The zero-order valence-electron chi connectivity index (χ0n) is 11.9. The Kier molecular flexibility index (Phi) is 3.55. The largest absolute Gasteiger partial charge is 0.647 e. The van der Waals surface area contributed by atoms with Gasteiger partial charge in [-0.25, -0.2) is 0 Å². The molecule has 3 rings (SSSR count). The molecule has 2 bridgehead atoms. The zero-order valence-corrected chi connectivity index (χ0v) is 12.8. The average Bonchev–Trinajstić information content (AvgIpc) is 2.94. The smallest absolute Gasteiger partial charge is 0.382 e. The van der Waals surface area contributed by atoms with E-state index in [4.69, 9.17) is 13.6 Å². The lowest BCUT2D eigenvalue weighted by Crippen LogP contribution is -2.26. The first-order valence-corrected chi connectivity index (χ1v) is 8.73. The fraction of sp³-hybridized carbons (Fsp3) is 0.571. The van der Waals surface area contributed by atoms with Crippen LogP contribution in [0.1, 0.15) is 39.5 Å². The first kappa shape index (κ1) is 13.6. The minimum Gasteiger partial charge on any atom is -0.382 e. The number of rotatable bonds is 7. The molecule has 2 aliphatic heterocycles. The number of phosphoric ester groups is 1. The SMILES string of the molecule is CCCCN(CCCC)c1ccc2c3c1OP(=O)(O2)O3. The van der Waals surface area contributed by atoms with Gasteiger partial charge in [-0.05, 0) is 25.0 Å². The number of unbranched alkanes of at least 4 members (excludes halogenated alkanes) is 2. The van der Waals surface area contributed by atoms with Gasteiger partial charge in [-0.1, -0.05) is 26.7 Å². The van der Waals surface area contributed by atoms with E-state index in [1.807, 2.05) is 12.1 Å². The van der Waals surface area contributed by atoms with Crippen LogP contribution in [-0.2, 0) is 4.57 Å². The van der Waals surface area contributed by atoms with Crippen molar-refractivity contribution in [3.05, 3.63) is 12.1 Å². The molecule has 0 fully saturated rings. The van der Waals surface area contributed by atoms with E-state index in [9.17, 15) is 4.57 Å². The lowest BCUT2D eigenvalue weighted by Gasteiger charge is -2.26. The molecule has 20 heavy (non-hydrogen) atoms. The molecule has 1 unspecified atom stereocenters. The van der Waals surface area contributed by atoms with E-state index < -0.39 is 7.82 Å². The van der Waals surface area contributed by atoms with Crippen molar-refractivity contribution in [2.45, 2.75) is 39.5 Å². The highest BCUT2D eigenvalue weighted by Crippen LogP contribution is 2.70. The Morgan fingerprint density at radius 2 is 1.65 bits per heavy atom. The normalized spacial score (nSPS) is 21.3. The van der Waals surface area contributed by atoms with Gasteiger partial charge in [0.2, 0.25) is 11.5 Å². The second-order valence-corrected chi connectivity index (χ2v) is 6.60. The summed E-state index contributed by atoms with van der Waals surface area (Å²) in [7, 11) is -3.39. The molecule has 0 aliphatic carbocycles. The number of phosphoric acid groups is 1. The standard InChI is InChI=1S/C14H20NO4P/c1-3-5-9-15(10-6-4-2)11-7-8-12-14-13(11)18-20(16,17-12)19-14/h7-8H,3-6,9-10H2,1-2H3. The summed E-state index contributed by atoms with van der Waals surface area (Å²) in [6, 6.07) is 3.79. The van der Waals surface area contributed by atoms with Crippen LogP contribution in [0.3, 0.4) is 0 Å². The highest BCUT2D eigenvalue weighted by atomic mass is 31.2. The lowest BCUT2D eigenvalue weighted by atomic mass is 10.2. The summed E-state index contributed by atoms with van der Waals surface area (Å²) in [5, 5.41) is 0. The lowest BCUT2D eigenvalue weighted by molar-refractivity contribution is 0.354. The van der Waals surface area contributed by atoms with Crippen LogP contribution < -0.4 is 18.5 Å². The number of benzene rings is 1. The van der Waals surface area contributed by atoms with Gasteiger partial charge in [-0.2, -0.15) is 4.57 Å². The first-order chi connectivity index (χ1) is 9.67. The quantitative estimate of drug-likeness (QED) is 0.700. The molecule has 2 aliphatic rings. The third-order valence-corrected chi connectivity index (χ3v) is 4.81. The maximum absolute atomic E-state index is 12.0. The average molecular weight is 297 g/mol. The Bertz CT molecular complexity index is 552. The van der Waals surface area contributed by atoms with Gasteiger partial charge in [-0.15, -0.1) is 0 Å². The van der Waals surface area contributed by atoms with Crippen LogP contribution in [0.25, 0.3) is 0 Å². The van der Waals surface area contributed by atoms with Gasteiger partial charge < -0.3 is 18.5 Å². The Labute approximate surface area is 119 Å². The van der Waals surface area contributed by atoms with E-state index in [0.29, 0.717) is 17.2 Å². The third kappa shape index (κ3) is 2.24. The number of fused-ring (bicyclic) bond motifs is 1. The molecule has 0 saturated heterocycles. The molecule has 2 heterocycles. The van der Waals surface area contributed by atoms with Crippen LogP contribution in [-0.4, -0.2) is 13.1 Å². The summed E-state index contributed by atoms with van der Waals surface area (Å²) >= 11 is 0. The Hall–Kier alpha value is -1.35. The van der Waals surface area contributed by atoms with Gasteiger partial charge in [0.15, 0.2) is 5.75 Å². The molecule has 1 atom stereocenters. The van der Waals surface area contributed by atoms with Crippen molar-refractivity contribution in [2.75, 3.05) is 18.0 Å². The van der Waals surface area contributed by atoms with E-state index in [2.05, 4.69) is 18.7 Å². The molecule has 0 amide bonds. The van der Waals surface area contributed by atoms with Crippen molar-refractivity contribution in [1.82, 2.24) is 0 Å². The predicted molar refractivity (Wildman–Crippen MR) is 78.0 cm³/mol. The maximum atomic E-state index is 12.0. The van der Waals surface area contributed by atoms with Crippen molar-refractivity contribution in [3.63, 3.8) is 0 Å². The van der Waals surface area contributed by atoms with Crippen molar-refractivity contribution in [3.8, 4) is 17.2 Å². The third-order valence-electron chi connectivity index (χ3n) is 3.58. The first-order valence-electron chi connectivity index (χ1n) is 7.27. The molecule has 5 nitrogen and oxygen atoms in total. The fourth-order valence-corrected chi connectivity index (χ4v) is 3.77. The molecule has 0 saturated carbocycles. The number of hydrogen-bond donors (Lipinski definition) is 0. The van der Waals surface area contributed by atoms with E-state index in [0.717, 1.165) is 44.5 Å². The summed E-state index contributed by atoms with van der Waals surface area (Å²) in [6.07, 6.45) is 4.52. The van der Waals surface area contributed by atoms with Gasteiger partial charge in [0, 0.05) is 13.1 Å². The molecule has 1 aromatic carbocycles. The highest BCUT2D eigenvalue weighted by molar-refractivity contribution is 7.50. The monoisotopic (exact) mass is 297 g/mol. The Morgan fingerprint density at radius 3 is 2.25 bits per heavy atom. The Morgan fingerprint density at radius 1 is 1.00 bits per heavy atom. The molecule has 0 radical (unpaired) electrons. The molecule has 0 N–H and O–H groups in total. The fourth-order valence-electron chi connectivity index (χ4n) is 2.48. The van der Waals surface area contributed by atoms with Crippen LogP contribution in [0.15, 0.2) is 12.1 Å². The van der Waals surface area contributed by atoms with Crippen LogP contribution in [0.2, 0.25) is 0 Å². The summed E-state index contributed by atoms with van der Waals surface area (Å²) in [6.45, 7) is 6.29. The van der Waals surface area contributed by atoms with Gasteiger partial charge in [-0.3, -0.25) is 0 Å². The van der Waals surface area contributed by atoms with E-state index in [-0.39, 0.29) is 0 Å². The Balaban J connectivity index is 1.89. The number of anilines is 1. The minimum absolute atomic E-state index is 0.504. The minimum atomic E-state index is -3.39. The molecular formula is C14H20NO4P. The zero-order chi connectivity index (χ0) is 14.2. The van der Waals surface area contributed by atoms with E-state index in [1.165, 1.54) is 0 Å². The van der Waals surface area contributed by atoms with Crippen molar-refractivity contribution in [1.29, 1.82) is 0 Å². The summed E-state index contributed by atoms with van der Waals surface area (Å²) in [5.74, 6) is 1.62. The predicted octanol–water partition coefficient (Wildman–Crippen LogP) is 4.36. The molecule has 110 valence electrons. The number of hydrogen-bond acceptors (Lipinski definition) is 5. The highest BCUT2D eigenvalue weighted by Gasteiger charge is 2.51. The van der Waals surface area contributed by atoms with Crippen molar-refractivity contribution >= 4 is 13.5 Å². The second kappa shape index (κ2) is 5.21. The number of nitrogens with zero attached hydrogens (tertiary/aromatic N) is 1. The van der Waals surface area contributed by atoms with Gasteiger partial charge in [0.1, 0.15) is 0 Å². The van der Waals surface area contributed by atoms with Gasteiger partial charge >= 0.3 is 7.82 Å². The molecule has 1 aromatic rings. The van der Waals surface area contributed by atoms with Gasteiger partial charge in [0.05, 0.1) is 5.69 Å². The van der Waals surface area contributed by atoms with Crippen molar-refractivity contribution < 1.29 is 18.1 Å². The van der Waals surface area contributed by atoms with Gasteiger partial charge in [0.25, 0.3) is 0 Å². The van der Waals surface area contributed by atoms with Crippen molar-refractivity contribution in [2.24, 2.45) is 0 Å². The summed E-state index contributed by atoms with van der Waals surface area (Å²) < 4.78 is 27.9. The molecule has 6 heteroatoms. The summed E-state index contributed by atoms with van der Waals surface area (Å²) in [5.41, 5.74) is 0.965. The molecule has 0 spiro atoms. The molecule has 0 aromatic heterocycles. The van der Waals surface area contributed by atoms with E-state index in [1.54, 1.807) is 0 Å². The maximum Gasteiger partial charge on any atom is 0.647 e. The van der Waals surface area contributed by atoms with Crippen LogP contribution in [0.5, 0.6) is 17.2 Å². The van der Waals surface area contributed by atoms with Crippen LogP contribution >= 0.6 is 7.82 Å². The van der Waals surface area contributed by atoms with Crippen LogP contribution in [0.4, 0.5) is 5.69 Å². The van der Waals surface area contributed by atoms with Crippen LogP contribution in [0, 0.1) is 0 Å². The molecular weight excluding hydrogens is 277 g/mol. The topological polar surface area (TPSA) is 48.0 Å². The summed E-state index contributed by atoms with van der Waals surface area (Å²) in [4.78, 5) is 2.29. The second-order valence-electron chi connectivity index (χ2n) is 5.16. The van der Waals surface area contributed by atoms with E-state index >= 15 is 0 Å².